The van der Waals surface area contributed by atoms with Crippen LogP contribution in [-0.2, 0) is 9.59 Å². The second kappa shape index (κ2) is 8.76. The fourth-order valence-electron chi connectivity index (χ4n) is 4.27. The number of ether oxygens (including phenoxy) is 1. The van der Waals surface area contributed by atoms with Crippen LogP contribution < -0.4 is 15.4 Å². The summed E-state index contributed by atoms with van der Waals surface area (Å²) in [5, 5.41) is 6.15. The number of Topliss-reactive ketones (excluding diaryl/α,β-unsaturated/α-hetero) is 1. The van der Waals surface area contributed by atoms with E-state index in [0.29, 0.717) is 35.6 Å². The van der Waals surface area contributed by atoms with E-state index in [2.05, 4.69) is 10.6 Å². The molecule has 0 aromatic heterocycles. The molecule has 0 saturated heterocycles. The molecule has 5 nitrogen and oxygen atoms in total. The molecule has 31 heavy (non-hydrogen) atoms. The summed E-state index contributed by atoms with van der Waals surface area (Å²) in [6.07, 6.45) is 2.05. The number of carbonyl (C=O) groups excluding carboxylic acids is 2. The van der Waals surface area contributed by atoms with E-state index >= 15 is 0 Å². The quantitative estimate of drug-likeness (QED) is 0.727. The monoisotopic (exact) mass is 420 g/mol. The molecular formula is C25H25FN2O3. The molecule has 1 heterocycles. The molecule has 2 aromatic carbocycles. The molecule has 0 unspecified atom stereocenters. The average Bonchev–Trinajstić information content (AvgIpc) is 2.75. The molecule has 2 aromatic rings. The van der Waals surface area contributed by atoms with Gasteiger partial charge in [-0.2, -0.15) is 0 Å². The van der Waals surface area contributed by atoms with Crippen molar-refractivity contribution >= 4 is 17.4 Å². The van der Waals surface area contributed by atoms with Crippen molar-refractivity contribution < 1.29 is 18.7 Å². The van der Waals surface area contributed by atoms with Crippen LogP contribution in [0.25, 0.3) is 0 Å². The molecule has 2 aliphatic rings. The standard InChI is InChI=1S/C25H25FN2O3/c1-3-31-19-13-7-16(8-14-19)23-22(25(30)28-18-11-9-17(26)10-12-18)15(2)27-20-5-4-6-21(29)24(20)23/h7-14,23,27H,3-6H2,1-2H3,(H,28,30)/t23-/m0/s1. The minimum atomic E-state index is -0.472. The van der Waals surface area contributed by atoms with Gasteiger partial charge in [-0.25, -0.2) is 4.39 Å². The molecule has 6 heteroatoms. The highest BCUT2D eigenvalue weighted by Gasteiger charge is 2.38. The Bertz CT molecular complexity index is 1070. The SMILES string of the molecule is CCOc1ccc([C@H]2C(C(=O)Nc3ccc(F)cc3)=C(C)NC3=C2C(=O)CCC3)cc1. The summed E-state index contributed by atoms with van der Waals surface area (Å²) < 4.78 is 18.8. The van der Waals surface area contributed by atoms with E-state index in [9.17, 15) is 14.0 Å². The number of benzene rings is 2. The Balaban J connectivity index is 1.74. The van der Waals surface area contributed by atoms with Crippen LogP contribution in [0, 0.1) is 5.82 Å². The van der Waals surface area contributed by atoms with Crippen molar-refractivity contribution in [2.75, 3.05) is 11.9 Å². The predicted molar refractivity (Wildman–Crippen MR) is 117 cm³/mol. The maximum absolute atomic E-state index is 13.3. The maximum atomic E-state index is 13.3. The Morgan fingerprint density at radius 2 is 1.84 bits per heavy atom. The fraction of sp³-hybridized carbons (Fsp3) is 0.280. The lowest BCUT2D eigenvalue weighted by molar-refractivity contribution is -0.116. The molecule has 1 amide bonds. The highest BCUT2D eigenvalue weighted by atomic mass is 19.1. The summed E-state index contributed by atoms with van der Waals surface area (Å²) in [5.41, 5.74) is 4.11. The number of anilines is 1. The van der Waals surface area contributed by atoms with E-state index < -0.39 is 5.92 Å². The van der Waals surface area contributed by atoms with Crippen LogP contribution >= 0.6 is 0 Å². The summed E-state index contributed by atoms with van der Waals surface area (Å²) in [6.45, 7) is 4.33. The molecule has 0 fully saturated rings. The lowest BCUT2D eigenvalue weighted by Gasteiger charge is -2.34. The summed E-state index contributed by atoms with van der Waals surface area (Å²) >= 11 is 0. The van der Waals surface area contributed by atoms with Gasteiger partial charge in [-0.3, -0.25) is 9.59 Å². The predicted octanol–water partition coefficient (Wildman–Crippen LogP) is 4.83. The van der Waals surface area contributed by atoms with Gasteiger partial charge in [0.2, 0.25) is 0 Å². The van der Waals surface area contributed by atoms with Crippen molar-refractivity contribution in [3.8, 4) is 5.75 Å². The van der Waals surface area contributed by atoms with Gasteiger partial charge in [-0.1, -0.05) is 12.1 Å². The Morgan fingerprint density at radius 3 is 2.52 bits per heavy atom. The first-order valence-electron chi connectivity index (χ1n) is 10.5. The van der Waals surface area contributed by atoms with E-state index in [1.54, 1.807) is 0 Å². The van der Waals surface area contributed by atoms with Crippen molar-refractivity contribution in [3.05, 3.63) is 82.5 Å². The van der Waals surface area contributed by atoms with Gasteiger partial charge in [-0.05, 0) is 68.7 Å². The number of dihydropyridines is 1. The maximum Gasteiger partial charge on any atom is 0.254 e. The zero-order chi connectivity index (χ0) is 22.0. The van der Waals surface area contributed by atoms with Crippen molar-refractivity contribution in [2.24, 2.45) is 0 Å². The molecule has 0 spiro atoms. The second-order valence-electron chi connectivity index (χ2n) is 7.73. The largest absolute Gasteiger partial charge is 0.494 e. The van der Waals surface area contributed by atoms with Crippen LogP contribution in [0.3, 0.4) is 0 Å². The second-order valence-corrected chi connectivity index (χ2v) is 7.73. The number of hydrogen-bond donors (Lipinski definition) is 2. The minimum absolute atomic E-state index is 0.0622. The molecule has 1 atom stereocenters. The van der Waals surface area contributed by atoms with Crippen LogP contribution in [-0.4, -0.2) is 18.3 Å². The number of nitrogens with one attached hydrogen (secondary N) is 2. The zero-order valence-corrected chi connectivity index (χ0v) is 17.6. The van der Waals surface area contributed by atoms with Gasteiger partial charge in [0.15, 0.2) is 5.78 Å². The molecule has 1 aliphatic carbocycles. The highest BCUT2D eigenvalue weighted by molar-refractivity contribution is 6.09. The molecule has 160 valence electrons. The number of amides is 1. The van der Waals surface area contributed by atoms with Gasteiger partial charge in [0.1, 0.15) is 11.6 Å². The van der Waals surface area contributed by atoms with Gasteiger partial charge in [0.05, 0.1) is 6.61 Å². The molecule has 0 radical (unpaired) electrons. The van der Waals surface area contributed by atoms with Gasteiger partial charge in [-0.15, -0.1) is 0 Å². The van der Waals surface area contributed by atoms with Crippen LogP contribution in [0.2, 0.25) is 0 Å². The number of carbonyl (C=O) groups is 2. The molecule has 2 N–H and O–H groups in total. The van der Waals surface area contributed by atoms with Gasteiger partial charge in [0, 0.05) is 40.6 Å². The van der Waals surface area contributed by atoms with E-state index in [1.807, 2.05) is 38.1 Å². The lowest BCUT2D eigenvalue weighted by Crippen LogP contribution is -2.35. The van der Waals surface area contributed by atoms with Gasteiger partial charge < -0.3 is 15.4 Å². The smallest absolute Gasteiger partial charge is 0.254 e. The first-order valence-corrected chi connectivity index (χ1v) is 10.5. The number of hydrogen-bond acceptors (Lipinski definition) is 4. The molecule has 1 aliphatic heterocycles. The Kier molecular flexibility index (Phi) is 5.89. The third kappa shape index (κ3) is 4.24. The summed E-state index contributed by atoms with van der Waals surface area (Å²) in [7, 11) is 0. The van der Waals surface area contributed by atoms with Crippen molar-refractivity contribution in [1.82, 2.24) is 5.32 Å². The molecule has 0 bridgehead atoms. The first kappa shape index (κ1) is 20.8. The van der Waals surface area contributed by atoms with Gasteiger partial charge >= 0.3 is 0 Å². The minimum Gasteiger partial charge on any atom is -0.494 e. The first-order chi connectivity index (χ1) is 15.0. The van der Waals surface area contributed by atoms with Gasteiger partial charge in [0.25, 0.3) is 5.91 Å². The summed E-state index contributed by atoms with van der Waals surface area (Å²) in [5.74, 6) is -0.363. The van der Waals surface area contributed by atoms with E-state index in [1.165, 1.54) is 24.3 Å². The third-order valence-electron chi connectivity index (χ3n) is 5.65. The Morgan fingerprint density at radius 1 is 1.13 bits per heavy atom. The number of rotatable bonds is 5. The number of allylic oxidation sites excluding steroid dienone is 3. The summed E-state index contributed by atoms with van der Waals surface area (Å²) in [4.78, 5) is 26.3. The van der Waals surface area contributed by atoms with Crippen LogP contribution in [0.1, 0.15) is 44.6 Å². The number of halogens is 1. The topological polar surface area (TPSA) is 67.4 Å². The van der Waals surface area contributed by atoms with E-state index in [0.717, 1.165) is 29.9 Å². The molecule has 0 saturated carbocycles. The highest BCUT2D eigenvalue weighted by Crippen LogP contribution is 2.42. The normalized spacial score (nSPS) is 18.4. The number of ketones is 1. The van der Waals surface area contributed by atoms with Crippen molar-refractivity contribution in [1.29, 1.82) is 0 Å². The van der Waals surface area contributed by atoms with Crippen LogP contribution in [0.4, 0.5) is 10.1 Å². The zero-order valence-electron chi connectivity index (χ0n) is 17.6. The molecule has 4 rings (SSSR count). The third-order valence-corrected chi connectivity index (χ3v) is 5.65. The van der Waals surface area contributed by atoms with E-state index in [-0.39, 0.29) is 17.5 Å². The van der Waals surface area contributed by atoms with Crippen molar-refractivity contribution in [3.63, 3.8) is 0 Å². The van der Waals surface area contributed by atoms with Crippen molar-refractivity contribution in [2.45, 2.75) is 39.0 Å². The average molecular weight is 420 g/mol. The van der Waals surface area contributed by atoms with Crippen LogP contribution in [0.5, 0.6) is 5.75 Å². The summed E-state index contributed by atoms with van der Waals surface area (Å²) in [6, 6.07) is 13.2. The van der Waals surface area contributed by atoms with E-state index in [4.69, 9.17) is 4.74 Å². The van der Waals surface area contributed by atoms with Crippen LogP contribution in [0.15, 0.2) is 71.1 Å². The lowest BCUT2D eigenvalue weighted by atomic mass is 9.75. The molecular weight excluding hydrogens is 395 g/mol. The Hall–Kier alpha value is -3.41. The Labute approximate surface area is 181 Å². The fourth-order valence-corrected chi connectivity index (χ4v) is 4.27.